The van der Waals surface area contributed by atoms with Crippen molar-refractivity contribution in [3.63, 3.8) is 0 Å². The van der Waals surface area contributed by atoms with Crippen molar-refractivity contribution in [2.45, 2.75) is 5.54 Å². The molecule has 25 heavy (non-hydrogen) atoms. The molecule has 0 saturated heterocycles. The van der Waals surface area contributed by atoms with Gasteiger partial charge in [-0.25, -0.2) is 4.98 Å². The lowest BCUT2D eigenvalue weighted by Gasteiger charge is -2.37. The third-order valence-corrected chi connectivity index (χ3v) is 5.26. The molecule has 0 unspecified atom stereocenters. The van der Waals surface area contributed by atoms with Crippen LogP contribution in [-0.2, 0) is 5.54 Å². The Morgan fingerprint density at radius 1 is 0.680 bits per heavy atom. The molecule has 0 saturated carbocycles. The minimum atomic E-state index is -0.455. The number of hydrogen-bond donors (Lipinski definition) is 0. The fraction of sp³-hybridized carbons (Fsp3) is 0.0455. The van der Waals surface area contributed by atoms with E-state index in [-0.39, 0.29) is 0 Å². The lowest BCUT2D eigenvalue weighted by Crippen LogP contribution is -2.36. The molecule has 1 aromatic heterocycles. The van der Waals surface area contributed by atoms with E-state index in [9.17, 15) is 0 Å². The predicted molar refractivity (Wildman–Crippen MR) is 110 cm³/mol. The van der Waals surface area contributed by atoms with E-state index >= 15 is 0 Å². The van der Waals surface area contributed by atoms with Gasteiger partial charge in [-0.1, -0.05) is 72.8 Å². The Labute approximate surface area is 161 Å². The summed E-state index contributed by atoms with van der Waals surface area (Å²) in [5.41, 5.74) is 3.17. The first kappa shape index (κ1) is 16.1. The first-order valence-electron chi connectivity index (χ1n) is 8.17. The van der Waals surface area contributed by atoms with Gasteiger partial charge < -0.3 is 4.57 Å². The molecular weight excluding hydrogens is 419 g/mol. The maximum atomic E-state index is 4.34. The second-order valence-corrected chi connectivity index (χ2v) is 7.16. The molecule has 0 bridgehead atoms. The summed E-state index contributed by atoms with van der Waals surface area (Å²) >= 11 is 2.35. The van der Waals surface area contributed by atoms with Crippen LogP contribution in [0.2, 0.25) is 0 Å². The van der Waals surface area contributed by atoms with Gasteiger partial charge in [0.2, 0.25) is 0 Å². The molecule has 122 valence electrons. The molecule has 0 aliphatic heterocycles. The van der Waals surface area contributed by atoms with Gasteiger partial charge in [0, 0.05) is 16.0 Å². The van der Waals surface area contributed by atoms with Crippen LogP contribution in [0.25, 0.3) is 0 Å². The molecule has 0 fully saturated rings. The number of imidazole rings is 1. The quantitative estimate of drug-likeness (QED) is 0.313. The van der Waals surface area contributed by atoms with Crippen LogP contribution in [0, 0.1) is 3.57 Å². The lowest BCUT2D eigenvalue weighted by molar-refractivity contribution is 0.514. The van der Waals surface area contributed by atoms with E-state index in [1.165, 1.54) is 20.3 Å². The minimum absolute atomic E-state index is 0.455. The molecule has 0 amide bonds. The van der Waals surface area contributed by atoms with E-state index in [0.29, 0.717) is 0 Å². The van der Waals surface area contributed by atoms with Gasteiger partial charge >= 0.3 is 0 Å². The van der Waals surface area contributed by atoms with Crippen molar-refractivity contribution in [2.24, 2.45) is 0 Å². The van der Waals surface area contributed by atoms with Crippen LogP contribution in [0.5, 0.6) is 0 Å². The molecular formula is C22H17IN2. The zero-order chi connectivity index (χ0) is 17.1. The molecule has 0 aliphatic rings. The fourth-order valence-corrected chi connectivity index (χ4v) is 3.81. The molecule has 0 radical (unpaired) electrons. The molecule has 0 aliphatic carbocycles. The van der Waals surface area contributed by atoms with Crippen LogP contribution in [-0.4, -0.2) is 9.55 Å². The molecule has 4 aromatic rings. The van der Waals surface area contributed by atoms with E-state index < -0.39 is 5.54 Å². The molecule has 3 aromatic carbocycles. The van der Waals surface area contributed by atoms with Crippen molar-refractivity contribution in [3.8, 4) is 0 Å². The second kappa shape index (κ2) is 6.84. The highest BCUT2D eigenvalue weighted by atomic mass is 127. The highest BCUT2D eigenvalue weighted by Gasteiger charge is 2.37. The Morgan fingerprint density at radius 3 is 1.68 bits per heavy atom. The molecule has 4 rings (SSSR count). The van der Waals surface area contributed by atoms with Crippen LogP contribution >= 0.6 is 22.6 Å². The Hall–Kier alpha value is -2.40. The van der Waals surface area contributed by atoms with Crippen LogP contribution in [0.4, 0.5) is 0 Å². The molecule has 0 N–H and O–H groups in total. The summed E-state index contributed by atoms with van der Waals surface area (Å²) in [5, 5.41) is 0. The van der Waals surface area contributed by atoms with E-state index in [0.717, 1.165) is 0 Å². The maximum absolute atomic E-state index is 4.34. The number of nitrogens with zero attached hydrogens (tertiary/aromatic N) is 2. The van der Waals surface area contributed by atoms with E-state index in [4.69, 9.17) is 0 Å². The van der Waals surface area contributed by atoms with Crippen molar-refractivity contribution in [1.82, 2.24) is 9.55 Å². The third-order valence-electron chi connectivity index (χ3n) is 4.54. The van der Waals surface area contributed by atoms with Gasteiger partial charge in [-0.3, -0.25) is 0 Å². The third kappa shape index (κ3) is 2.78. The minimum Gasteiger partial charge on any atom is -0.319 e. The predicted octanol–water partition coefficient (Wildman–Crippen LogP) is 5.33. The zero-order valence-electron chi connectivity index (χ0n) is 13.6. The van der Waals surface area contributed by atoms with Crippen LogP contribution in [0.1, 0.15) is 16.7 Å². The van der Waals surface area contributed by atoms with Crippen LogP contribution < -0.4 is 0 Å². The Kier molecular flexibility index (Phi) is 4.40. The number of hydrogen-bond acceptors (Lipinski definition) is 1. The van der Waals surface area contributed by atoms with Crippen molar-refractivity contribution < 1.29 is 0 Å². The highest BCUT2D eigenvalue weighted by molar-refractivity contribution is 14.1. The van der Waals surface area contributed by atoms with Gasteiger partial charge in [0.1, 0.15) is 5.54 Å². The maximum Gasteiger partial charge on any atom is 0.121 e. The lowest BCUT2D eigenvalue weighted by atomic mass is 9.77. The Morgan fingerprint density at radius 2 is 1.20 bits per heavy atom. The molecule has 0 atom stereocenters. The highest BCUT2D eigenvalue weighted by Crippen LogP contribution is 2.40. The largest absolute Gasteiger partial charge is 0.319 e. The summed E-state index contributed by atoms with van der Waals surface area (Å²) in [5.74, 6) is 0. The topological polar surface area (TPSA) is 17.8 Å². The van der Waals surface area contributed by atoms with Crippen molar-refractivity contribution >= 4 is 22.6 Å². The van der Waals surface area contributed by atoms with Gasteiger partial charge in [0.15, 0.2) is 0 Å². The summed E-state index contributed by atoms with van der Waals surface area (Å²) in [6.07, 6.45) is 5.78. The van der Waals surface area contributed by atoms with E-state index in [1.54, 1.807) is 0 Å². The van der Waals surface area contributed by atoms with Crippen molar-refractivity contribution in [2.75, 3.05) is 0 Å². The van der Waals surface area contributed by atoms with Gasteiger partial charge in [0.05, 0.1) is 6.33 Å². The van der Waals surface area contributed by atoms with Gasteiger partial charge in [0.25, 0.3) is 0 Å². The number of aromatic nitrogens is 2. The average molecular weight is 436 g/mol. The Bertz CT molecular complexity index is 891. The van der Waals surface area contributed by atoms with Crippen LogP contribution in [0.15, 0.2) is 104 Å². The smallest absolute Gasteiger partial charge is 0.121 e. The summed E-state index contributed by atoms with van der Waals surface area (Å²) < 4.78 is 3.42. The van der Waals surface area contributed by atoms with E-state index in [2.05, 4.69) is 117 Å². The normalized spacial score (nSPS) is 11.4. The zero-order valence-corrected chi connectivity index (χ0v) is 15.7. The summed E-state index contributed by atoms with van der Waals surface area (Å²) in [6.45, 7) is 0. The van der Waals surface area contributed by atoms with Gasteiger partial charge in [-0.2, -0.15) is 0 Å². The fourth-order valence-electron chi connectivity index (χ4n) is 3.45. The molecule has 1 heterocycles. The molecule has 3 heteroatoms. The summed E-state index contributed by atoms with van der Waals surface area (Å²) in [7, 11) is 0. The monoisotopic (exact) mass is 436 g/mol. The average Bonchev–Trinajstić information content (AvgIpc) is 3.21. The van der Waals surface area contributed by atoms with Crippen molar-refractivity contribution in [3.05, 3.63) is 124 Å². The van der Waals surface area contributed by atoms with E-state index in [1.807, 2.05) is 18.7 Å². The molecule has 0 spiro atoms. The SMILES string of the molecule is Ic1ccc(C(c2ccccc2)(c2ccccc2)n2ccnc2)cc1. The second-order valence-electron chi connectivity index (χ2n) is 5.92. The standard InChI is InChI=1S/C22H17IN2/c23-21-13-11-20(12-14-21)22(25-16-15-24-17-25,18-7-3-1-4-8-18)19-9-5-2-6-10-19/h1-17H. The summed E-state index contributed by atoms with van der Waals surface area (Å²) in [4.78, 5) is 4.34. The van der Waals surface area contributed by atoms with Gasteiger partial charge in [-0.15, -0.1) is 0 Å². The first-order chi connectivity index (χ1) is 12.3. The number of rotatable bonds is 4. The number of benzene rings is 3. The molecule has 2 nitrogen and oxygen atoms in total. The number of halogens is 1. The summed E-state index contributed by atoms with van der Waals surface area (Å²) in [6, 6.07) is 30.0. The van der Waals surface area contributed by atoms with Crippen LogP contribution in [0.3, 0.4) is 0 Å². The Balaban J connectivity index is 2.11. The van der Waals surface area contributed by atoms with Gasteiger partial charge in [-0.05, 0) is 51.4 Å². The van der Waals surface area contributed by atoms with Crippen molar-refractivity contribution in [1.29, 1.82) is 0 Å². The first-order valence-corrected chi connectivity index (χ1v) is 9.25.